The zero-order valence-corrected chi connectivity index (χ0v) is 13.5. The summed E-state index contributed by atoms with van der Waals surface area (Å²) >= 11 is 0. The van der Waals surface area contributed by atoms with Crippen LogP contribution >= 0.6 is 0 Å². The Morgan fingerprint density at radius 2 is 1.71 bits per heavy atom. The Bertz CT molecular complexity index is 771. The fourth-order valence-electron chi connectivity index (χ4n) is 2.42. The highest BCUT2D eigenvalue weighted by Gasteiger charge is 2.10. The second-order valence-electron chi connectivity index (χ2n) is 5.40. The summed E-state index contributed by atoms with van der Waals surface area (Å²) in [7, 11) is 1.59. The molecule has 0 spiro atoms. The van der Waals surface area contributed by atoms with E-state index in [-0.39, 0.29) is 6.61 Å². The largest absolute Gasteiger partial charge is 0.493 e. The van der Waals surface area contributed by atoms with Crippen LogP contribution in [0.1, 0.15) is 0 Å². The maximum Gasteiger partial charge on any atom is 0.161 e. The summed E-state index contributed by atoms with van der Waals surface area (Å²) in [6.07, 6.45) is 1.19. The first kappa shape index (κ1) is 16.1. The highest BCUT2D eigenvalue weighted by atomic mass is 16.5. The second kappa shape index (κ2) is 7.66. The SMILES string of the molecule is COc1ccccc1OCC(O)Cn1ccc(-c2ccccc2)n1. The van der Waals surface area contributed by atoms with Crippen LogP contribution in [0.15, 0.2) is 66.9 Å². The number of aromatic nitrogens is 2. The van der Waals surface area contributed by atoms with Gasteiger partial charge in [-0.05, 0) is 18.2 Å². The predicted molar refractivity (Wildman–Crippen MR) is 92.2 cm³/mol. The van der Waals surface area contributed by atoms with E-state index < -0.39 is 6.10 Å². The molecule has 1 aromatic heterocycles. The molecule has 0 saturated carbocycles. The van der Waals surface area contributed by atoms with Crippen LogP contribution in [0.5, 0.6) is 11.5 Å². The Morgan fingerprint density at radius 1 is 1.00 bits per heavy atom. The van der Waals surface area contributed by atoms with Gasteiger partial charge >= 0.3 is 0 Å². The van der Waals surface area contributed by atoms with Crippen molar-refractivity contribution >= 4 is 0 Å². The van der Waals surface area contributed by atoms with Gasteiger partial charge in [0.25, 0.3) is 0 Å². The van der Waals surface area contributed by atoms with Crippen molar-refractivity contribution in [2.75, 3.05) is 13.7 Å². The average Bonchev–Trinajstić information content (AvgIpc) is 3.09. The Balaban J connectivity index is 1.57. The highest BCUT2D eigenvalue weighted by Crippen LogP contribution is 2.25. The Labute approximate surface area is 141 Å². The van der Waals surface area contributed by atoms with E-state index in [4.69, 9.17) is 9.47 Å². The van der Waals surface area contributed by atoms with E-state index in [1.165, 1.54) is 0 Å². The number of aliphatic hydroxyl groups excluding tert-OH is 1. The van der Waals surface area contributed by atoms with Gasteiger partial charge in [0.05, 0.1) is 19.3 Å². The van der Waals surface area contributed by atoms with Gasteiger partial charge < -0.3 is 14.6 Å². The second-order valence-corrected chi connectivity index (χ2v) is 5.40. The number of para-hydroxylation sites is 2. The van der Waals surface area contributed by atoms with Crippen LogP contribution in [0, 0.1) is 0 Å². The lowest BCUT2D eigenvalue weighted by molar-refractivity contribution is 0.0880. The lowest BCUT2D eigenvalue weighted by atomic mass is 10.2. The van der Waals surface area contributed by atoms with Crippen LogP contribution < -0.4 is 9.47 Å². The molecule has 1 heterocycles. The lowest BCUT2D eigenvalue weighted by Gasteiger charge is -2.14. The molecule has 0 radical (unpaired) electrons. The molecule has 1 N–H and O–H groups in total. The number of benzene rings is 2. The van der Waals surface area contributed by atoms with Crippen LogP contribution in [0.2, 0.25) is 0 Å². The minimum absolute atomic E-state index is 0.168. The van der Waals surface area contributed by atoms with Gasteiger partial charge in [0.2, 0.25) is 0 Å². The van der Waals surface area contributed by atoms with Crippen molar-refractivity contribution in [3.05, 3.63) is 66.9 Å². The topological polar surface area (TPSA) is 56.5 Å². The number of ether oxygens (including phenoxy) is 2. The third-order valence-electron chi connectivity index (χ3n) is 3.61. The van der Waals surface area contributed by atoms with Crippen molar-refractivity contribution in [1.29, 1.82) is 0 Å². The van der Waals surface area contributed by atoms with Gasteiger partial charge in [-0.3, -0.25) is 4.68 Å². The summed E-state index contributed by atoms with van der Waals surface area (Å²) < 4.78 is 12.6. The molecule has 5 heteroatoms. The molecule has 0 aliphatic heterocycles. The molecule has 1 atom stereocenters. The maximum absolute atomic E-state index is 10.2. The molecule has 0 amide bonds. The van der Waals surface area contributed by atoms with Crippen molar-refractivity contribution in [3.8, 4) is 22.8 Å². The van der Waals surface area contributed by atoms with Crippen LogP contribution in [0.3, 0.4) is 0 Å². The van der Waals surface area contributed by atoms with Crippen LogP contribution in [-0.2, 0) is 6.54 Å². The monoisotopic (exact) mass is 324 g/mol. The van der Waals surface area contributed by atoms with E-state index in [0.29, 0.717) is 18.0 Å². The van der Waals surface area contributed by atoms with Crippen molar-refractivity contribution in [3.63, 3.8) is 0 Å². The number of aliphatic hydroxyl groups is 1. The van der Waals surface area contributed by atoms with Gasteiger partial charge in [0.1, 0.15) is 12.7 Å². The quantitative estimate of drug-likeness (QED) is 0.726. The molecule has 24 heavy (non-hydrogen) atoms. The van der Waals surface area contributed by atoms with Crippen molar-refractivity contribution in [2.24, 2.45) is 0 Å². The molecule has 3 rings (SSSR count). The van der Waals surface area contributed by atoms with Gasteiger partial charge in [0.15, 0.2) is 11.5 Å². The smallest absolute Gasteiger partial charge is 0.161 e. The normalized spacial score (nSPS) is 11.9. The van der Waals surface area contributed by atoms with Crippen molar-refractivity contribution < 1.29 is 14.6 Å². The molecule has 0 bridgehead atoms. The molecule has 0 fully saturated rings. The zero-order chi connectivity index (χ0) is 16.8. The van der Waals surface area contributed by atoms with Crippen molar-refractivity contribution in [2.45, 2.75) is 12.6 Å². The number of methoxy groups -OCH3 is 1. The first-order valence-electron chi connectivity index (χ1n) is 7.79. The average molecular weight is 324 g/mol. The minimum Gasteiger partial charge on any atom is -0.493 e. The first-order chi connectivity index (χ1) is 11.8. The summed E-state index contributed by atoms with van der Waals surface area (Å²) in [5.41, 5.74) is 1.93. The summed E-state index contributed by atoms with van der Waals surface area (Å²) in [4.78, 5) is 0. The lowest BCUT2D eigenvalue weighted by Crippen LogP contribution is -2.24. The summed E-state index contributed by atoms with van der Waals surface area (Å²) in [6, 6.07) is 19.2. The molecule has 0 saturated heterocycles. The van der Waals surface area contributed by atoms with Gasteiger partial charge in [0, 0.05) is 11.8 Å². The summed E-state index contributed by atoms with van der Waals surface area (Å²) in [6.45, 7) is 0.531. The fraction of sp³-hybridized carbons (Fsp3) is 0.211. The number of hydrogen-bond acceptors (Lipinski definition) is 4. The van der Waals surface area contributed by atoms with E-state index in [2.05, 4.69) is 5.10 Å². The minimum atomic E-state index is -0.668. The highest BCUT2D eigenvalue weighted by molar-refractivity contribution is 5.57. The van der Waals surface area contributed by atoms with Gasteiger partial charge in [-0.15, -0.1) is 0 Å². The first-order valence-corrected chi connectivity index (χ1v) is 7.79. The molecule has 5 nitrogen and oxygen atoms in total. The standard InChI is InChI=1S/C19H20N2O3/c1-23-18-9-5-6-10-19(18)24-14-16(22)13-21-12-11-17(20-21)15-7-3-2-4-8-15/h2-12,16,22H,13-14H2,1H3. The van der Waals surface area contributed by atoms with Gasteiger partial charge in [-0.1, -0.05) is 42.5 Å². The molecule has 0 aliphatic carbocycles. The number of nitrogens with zero attached hydrogens (tertiary/aromatic N) is 2. The molecule has 124 valence electrons. The predicted octanol–water partition coefficient (Wildman–Crippen LogP) is 3.00. The van der Waals surface area contributed by atoms with Crippen LogP contribution in [0.25, 0.3) is 11.3 Å². The molecule has 1 unspecified atom stereocenters. The Morgan fingerprint density at radius 3 is 2.46 bits per heavy atom. The third kappa shape index (κ3) is 3.94. The molecular formula is C19H20N2O3. The molecular weight excluding hydrogens is 304 g/mol. The van der Waals surface area contributed by atoms with E-state index in [9.17, 15) is 5.11 Å². The molecule has 0 aliphatic rings. The number of hydrogen-bond donors (Lipinski definition) is 1. The maximum atomic E-state index is 10.2. The van der Waals surface area contributed by atoms with E-state index >= 15 is 0 Å². The van der Waals surface area contributed by atoms with Gasteiger partial charge in [-0.25, -0.2) is 0 Å². The van der Waals surface area contributed by atoms with Gasteiger partial charge in [-0.2, -0.15) is 5.10 Å². The Kier molecular flexibility index (Phi) is 5.13. The third-order valence-corrected chi connectivity index (χ3v) is 3.61. The van der Waals surface area contributed by atoms with Crippen LogP contribution in [-0.4, -0.2) is 34.7 Å². The summed E-state index contributed by atoms with van der Waals surface area (Å²) in [5.74, 6) is 1.26. The van der Waals surface area contributed by atoms with E-state index in [1.807, 2.05) is 66.9 Å². The fourth-order valence-corrected chi connectivity index (χ4v) is 2.42. The van der Waals surface area contributed by atoms with E-state index in [0.717, 1.165) is 11.3 Å². The van der Waals surface area contributed by atoms with Crippen molar-refractivity contribution in [1.82, 2.24) is 9.78 Å². The van der Waals surface area contributed by atoms with Crippen LogP contribution in [0.4, 0.5) is 0 Å². The molecule has 2 aromatic carbocycles. The molecule has 3 aromatic rings. The number of rotatable bonds is 7. The Hall–Kier alpha value is -2.79. The van der Waals surface area contributed by atoms with E-state index in [1.54, 1.807) is 11.8 Å². The summed E-state index contributed by atoms with van der Waals surface area (Å²) in [5, 5.41) is 14.7. The zero-order valence-electron chi connectivity index (χ0n) is 13.5.